The molecular weight excluding hydrogens is 288 g/mol. The van der Waals surface area contributed by atoms with Crippen LogP contribution in [0.2, 0.25) is 0 Å². The summed E-state index contributed by atoms with van der Waals surface area (Å²) in [5.41, 5.74) is 0. The van der Waals surface area contributed by atoms with Crippen molar-refractivity contribution < 1.29 is 18.8 Å². The minimum absolute atomic E-state index is 0.129. The van der Waals surface area contributed by atoms with Gasteiger partial charge in [0, 0.05) is 26.3 Å². The molecule has 22 heavy (non-hydrogen) atoms. The molecule has 1 rings (SSSR count). The quantitative estimate of drug-likeness (QED) is 0.641. The number of amides is 2. The summed E-state index contributed by atoms with van der Waals surface area (Å²) in [6.45, 7) is 4.76. The highest BCUT2D eigenvalue weighted by Crippen LogP contribution is 2.08. The van der Waals surface area contributed by atoms with Crippen LogP contribution in [0.5, 0.6) is 0 Å². The van der Waals surface area contributed by atoms with Crippen LogP contribution in [0.25, 0.3) is 0 Å². The summed E-state index contributed by atoms with van der Waals surface area (Å²) in [7, 11) is 3.33. The van der Waals surface area contributed by atoms with Gasteiger partial charge in [-0.25, -0.2) is 0 Å². The van der Waals surface area contributed by atoms with Crippen molar-refractivity contribution >= 4 is 17.6 Å². The first kappa shape index (κ1) is 18.1. The van der Waals surface area contributed by atoms with Crippen molar-refractivity contribution in [3.05, 3.63) is 11.8 Å². The molecule has 1 aromatic rings. The lowest BCUT2D eigenvalue weighted by atomic mass is 10.2. The molecule has 124 valence electrons. The second-order valence-electron chi connectivity index (χ2n) is 5.10. The number of carbonyl (C=O) groups excluding carboxylic acids is 2. The largest absolute Gasteiger partial charge is 0.385 e. The molecule has 0 aliphatic rings. The van der Waals surface area contributed by atoms with Crippen molar-refractivity contribution in [1.29, 1.82) is 0 Å². The van der Waals surface area contributed by atoms with Crippen LogP contribution in [0.3, 0.4) is 0 Å². The Morgan fingerprint density at radius 1 is 1.50 bits per heavy atom. The topological polar surface area (TPSA) is 96.7 Å². The fourth-order valence-corrected chi connectivity index (χ4v) is 1.72. The summed E-state index contributed by atoms with van der Waals surface area (Å²) in [5, 5.41) is 9.12. The number of rotatable bonds is 9. The van der Waals surface area contributed by atoms with Crippen molar-refractivity contribution in [3.8, 4) is 0 Å². The summed E-state index contributed by atoms with van der Waals surface area (Å²) >= 11 is 0. The summed E-state index contributed by atoms with van der Waals surface area (Å²) in [6.07, 6.45) is 0.757. The van der Waals surface area contributed by atoms with Gasteiger partial charge < -0.3 is 19.9 Å². The molecule has 1 atom stereocenters. The maximum absolute atomic E-state index is 12.1. The van der Waals surface area contributed by atoms with Crippen molar-refractivity contribution in [3.63, 3.8) is 0 Å². The molecular formula is C14H24N4O4. The molecule has 0 fully saturated rings. The highest BCUT2D eigenvalue weighted by atomic mass is 16.5. The molecule has 0 aromatic carbocycles. The maximum Gasteiger partial charge on any atom is 0.242 e. The van der Waals surface area contributed by atoms with Gasteiger partial charge in [-0.1, -0.05) is 5.16 Å². The van der Waals surface area contributed by atoms with E-state index in [1.165, 1.54) is 0 Å². The van der Waals surface area contributed by atoms with E-state index in [9.17, 15) is 9.59 Å². The van der Waals surface area contributed by atoms with Crippen LogP contribution in [0, 0.1) is 6.92 Å². The number of methoxy groups -OCH3 is 1. The van der Waals surface area contributed by atoms with Gasteiger partial charge in [0.05, 0.1) is 12.6 Å². The highest BCUT2D eigenvalue weighted by Gasteiger charge is 2.20. The number of hydrogen-bond acceptors (Lipinski definition) is 6. The smallest absolute Gasteiger partial charge is 0.242 e. The fourth-order valence-electron chi connectivity index (χ4n) is 1.72. The third-order valence-electron chi connectivity index (χ3n) is 3.16. The van der Waals surface area contributed by atoms with Crippen LogP contribution in [0.15, 0.2) is 10.6 Å². The average molecular weight is 312 g/mol. The fraction of sp³-hybridized carbons (Fsp3) is 0.643. The molecule has 1 heterocycles. The summed E-state index contributed by atoms with van der Waals surface area (Å²) in [5.74, 6) is 0.608. The van der Waals surface area contributed by atoms with Gasteiger partial charge in [-0.15, -0.1) is 0 Å². The van der Waals surface area contributed by atoms with Crippen LogP contribution in [0.1, 0.15) is 19.1 Å². The van der Waals surface area contributed by atoms with Crippen molar-refractivity contribution in [1.82, 2.24) is 15.4 Å². The Balaban J connectivity index is 2.35. The monoisotopic (exact) mass is 312 g/mol. The van der Waals surface area contributed by atoms with Crippen molar-refractivity contribution in [2.75, 3.05) is 39.2 Å². The lowest BCUT2D eigenvalue weighted by Crippen LogP contribution is -2.45. The summed E-state index contributed by atoms with van der Waals surface area (Å²) < 4.78 is 9.79. The average Bonchev–Trinajstić information content (AvgIpc) is 2.87. The van der Waals surface area contributed by atoms with E-state index >= 15 is 0 Å². The van der Waals surface area contributed by atoms with E-state index in [0.717, 1.165) is 6.42 Å². The van der Waals surface area contributed by atoms with E-state index in [-0.39, 0.29) is 18.4 Å². The van der Waals surface area contributed by atoms with Gasteiger partial charge in [-0.3, -0.25) is 14.5 Å². The van der Waals surface area contributed by atoms with E-state index in [1.54, 1.807) is 39.0 Å². The van der Waals surface area contributed by atoms with E-state index < -0.39 is 6.04 Å². The van der Waals surface area contributed by atoms with E-state index in [4.69, 9.17) is 9.26 Å². The van der Waals surface area contributed by atoms with Crippen molar-refractivity contribution in [2.45, 2.75) is 26.3 Å². The van der Waals surface area contributed by atoms with Crippen LogP contribution in [-0.2, 0) is 14.3 Å². The molecule has 0 saturated carbocycles. The first-order valence-electron chi connectivity index (χ1n) is 7.14. The number of nitrogens with zero attached hydrogens (tertiary/aromatic N) is 2. The Morgan fingerprint density at radius 2 is 2.23 bits per heavy atom. The second kappa shape index (κ2) is 9.16. The number of ether oxygens (including phenoxy) is 1. The van der Waals surface area contributed by atoms with E-state index in [2.05, 4.69) is 15.8 Å². The standard InChI is InChI=1S/C14H24N4O4/c1-10-8-12(17-22-10)16-14(20)11(2)18(3)9-13(19)15-6-5-7-21-4/h8,11H,5-7,9H2,1-4H3,(H,15,19)(H,16,17,20). The van der Waals surface area contributed by atoms with E-state index in [1.807, 2.05) is 0 Å². The van der Waals surface area contributed by atoms with Gasteiger partial charge in [0.15, 0.2) is 5.82 Å². The van der Waals surface area contributed by atoms with Gasteiger partial charge in [0.2, 0.25) is 11.8 Å². The number of nitrogens with one attached hydrogen (secondary N) is 2. The lowest BCUT2D eigenvalue weighted by molar-refractivity contribution is -0.124. The van der Waals surface area contributed by atoms with Crippen LogP contribution < -0.4 is 10.6 Å². The van der Waals surface area contributed by atoms with E-state index in [0.29, 0.717) is 24.7 Å². The van der Waals surface area contributed by atoms with Gasteiger partial charge in [0.1, 0.15) is 5.76 Å². The predicted molar refractivity (Wildman–Crippen MR) is 81.5 cm³/mol. The zero-order valence-corrected chi connectivity index (χ0v) is 13.5. The van der Waals surface area contributed by atoms with Gasteiger partial charge in [-0.2, -0.15) is 0 Å². The Morgan fingerprint density at radius 3 is 2.82 bits per heavy atom. The van der Waals surface area contributed by atoms with Crippen LogP contribution in [-0.4, -0.2) is 61.8 Å². The maximum atomic E-state index is 12.1. The molecule has 2 N–H and O–H groups in total. The molecule has 1 aromatic heterocycles. The minimum atomic E-state index is -0.471. The van der Waals surface area contributed by atoms with Crippen LogP contribution in [0.4, 0.5) is 5.82 Å². The molecule has 8 nitrogen and oxygen atoms in total. The molecule has 1 unspecified atom stereocenters. The van der Waals surface area contributed by atoms with Gasteiger partial charge in [0.25, 0.3) is 0 Å². The minimum Gasteiger partial charge on any atom is -0.385 e. The second-order valence-corrected chi connectivity index (χ2v) is 5.10. The predicted octanol–water partition coefficient (Wildman–Crippen LogP) is 0.395. The Hall–Kier alpha value is -1.93. The third kappa shape index (κ3) is 6.23. The number of carbonyl (C=O) groups is 2. The molecule has 0 aliphatic heterocycles. The summed E-state index contributed by atoms with van der Waals surface area (Å²) in [6, 6.07) is 1.16. The molecule has 0 radical (unpaired) electrons. The molecule has 0 bridgehead atoms. The zero-order valence-electron chi connectivity index (χ0n) is 13.5. The molecule has 0 spiro atoms. The number of anilines is 1. The van der Waals surface area contributed by atoms with Gasteiger partial charge >= 0.3 is 0 Å². The molecule has 0 saturated heterocycles. The number of aryl methyl sites for hydroxylation is 1. The SMILES string of the molecule is COCCCNC(=O)CN(C)C(C)C(=O)Nc1cc(C)on1. The van der Waals surface area contributed by atoms with Crippen LogP contribution >= 0.6 is 0 Å². The Kier molecular flexibility index (Phi) is 7.55. The molecule has 0 aliphatic carbocycles. The first-order chi connectivity index (χ1) is 10.4. The number of hydrogen-bond donors (Lipinski definition) is 2. The lowest BCUT2D eigenvalue weighted by Gasteiger charge is -2.22. The Labute approximate surface area is 130 Å². The Bertz CT molecular complexity index is 489. The zero-order chi connectivity index (χ0) is 16.5. The number of likely N-dealkylation sites (N-methyl/N-ethyl adjacent to an activating group) is 1. The normalized spacial score (nSPS) is 12.2. The third-order valence-corrected chi connectivity index (χ3v) is 3.16. The number of aromatic nitrogens is 1. The van der Waals surface area contributed by atoms with Crippen molar-refractivity contribution in [2.24, 2.45) is 0 Å². The molecule has 2 amide bonds. The highest BCUT2D eigenvalue weighted by molar-refractivity contribution is 5.94. The molecule has 8 heteroatoms. The summed E-state index contributed by atoms with van der Waals surface area (Å²) in [4.78, 5) is 25.5. The van der Waals surface area contributed by atoms with Gasteiger partial charge in [-0.05, 0) is 27.3 Å². The first-order valence-corrected chi connectivity index (χ1v) is 7.14.